The van der Waals surface area contributed by atoms with Crippen molar-refractivity contribution in [2.75, 3.05) is 11.9 Å². The van der Waals surface area contributed by atoms with Gasteiger partial charge in [0.05, 0.1) is 17.6 Å². The third-order valence-electron chi connectivity index (χ3n) is 4.12. The highest BCUT2D eigenvalue weighted by Crippen LogP contribution is 2.29. The summed E-state index contributed by atoms with van der Waals surface area (Å²) in [6.07, 6.45) is 1.21. The number of hydrogen-bond acceptors (Lipinski definition) is 6. The van der Waals surface area contributed by atoms with Gasteiger partial charge in [0.1, 0.15) is 15.5 Å². The number of nitrogens with one attached hydrogen (secondary N) is 1. The summed E-state index contributed by atoms with van der Waals surface area (Å²) in [5.74, 6) is -0.219. The average Bonchev–Trinajstić information content (AvgIpc) is 3.37. The zero-order valence-electron chi connectivity index (χ0n) is 17.5. The predicted molar refractivity (Wildman–Crippen MR) is 122 cm³/mol. The summed E-state index contributed by atoms with van der Waals surface area (Å²) in [4.78, 5) is 32.8. The van der Waals surface area contributed by atoms with Gasteiger partial charge < -0.3 is 15.0 Å². The number of carbonyl (C=O) groups is 2. The fourth-order valence-corrected chi connectivity index (χ4v) is 4.31. The van der Waals surface area contributed by atoms with Crippen molar-refractivity contribution in [3.8, 4) is 9.88 Å². The van der Waals surface area contributed by atoms with Gasteiger partial charge in [-0.3, -0.25) is 4.79 Å². The number of amides is 2. The maximum absolute atomic E-state index is 12.8. The fraction of sp³-hybridized carbons (Fsp3) is 0.318. The molecule has 0 fully saturated rings. The van der Waals surface area contributed by atoms with Crippen LogP contribution in [0.2, 0.25) is 0 Å². The van der Waals surface area contributed by atoms with Gasteiger partial charge in [0.2, 0.25) is 0 Å². The van der Waals surface area contributed by atoms with Crippen molar-refractivity contribution in [1.82, 2.24) is 9.88 Å². The molecule has 2 amide bonds. The van der Waals surface area contributed by atoms with E-state index in [1.807, 2.05) is 69.5 Å². The minimum atomic E-state index is -0.565. The SMILES string of the molecule is CCN(Cc1ccccc1NC(=O)c1cnc(-c2cccs2)s1)C(=O)OC(C)(C)C. The first-order valence-electron chi connectivity index (χ1n) is 9.63. The molecule has 0 saturated heterocycles. The topological polar surface area (TPSA) is 71.5 Å². The van der Waals surface area contributed by atoms with Crippen molar-refractivity contribution >= 4 is 40.4 Å². The Balaban J connectivity index is 1.73. The average molecular weight is 444 g/mol. The van der Waals surface area contributed by atoms with Crippen LogP contribution in [-0.4, -0.2) is 34.0 Å². The number of aromatic nitrogens is 1. The quantitative estimate of drug-likeness (QED) is 0.516. The Morgan fingerprint density at radius 1 is 1.17 bits per heavy atom. The molecular weight excluding hydrogens is 418 g/mol. The lowest BCUT2D eigenvalue weighted by molar-refractivity contribution is 0.0245. The third-order valence-corrected chi connectivity index (χ3v) is 6.16. The number of thiophene rings is 1. The molecule has 0 atom stereocenters. The van der Waals surface area contributed by atoms with Crippen molar-refractivity contribution in [3.63, 3.8) is 0 Å². The highest BCUT2D eigenvalue weighted by Gasteiger charge is 2.22. The second-order valence-electron chi connectivity index (χ2n) is 7.61. The summed E-state index contributed by atoms with van der Waals surface area (Å²) in [6.45, 7) is 8.25. The van der Waals surface area contributed by atoms with Crippen LogP contribution < -0.4 is 5.32 Å². The van der Waals surface area contributed by atoms with Gasteiger partial charge in [0, 0.05) is 12.2 Å². The number of anilines is 1. The van der Waals surface area contributed by atoms with Crippen LogP contribution in [-0.2, 0) is 11.3 Å². The standard InChI is InChI=1S/C22H25N3O3S2/c1-5-25(21(27)28-22(2,3)4)14-15-9-6-7-10-16(15)24-19(26)18-13-23-20(30-18)17-11-8-12-29-17/h6-13H,5,14H2,1-4H3,(H,24,26). The monoisotopic (exact) mass is 443 g/mol. The minimum Gasteiger partial charge on any atom is -0.444 e. The van der Waals surface area contributed by atoms with Crippen LogP contribution in [0.3, 0.4) is 0 Å². The molecule has 8 heteroatoms. The molecule has 0 spiro atoms. The summed E-state index contributed by atoms with van der Waals surface area (Å²) in [5, 5.41) is 5.77. The van der Waals surface area contributed by atoms with Crippen LogP contribution in [0.4, 0.5) is 10.5 Å². The Hall–Kier alpha value is -2.71. The number of benzene rings is 1. The van der Waals surface area contributed by atoms with Gasteiger partial charge in [0.25, 0.3) is 5.91 Å². The normalized spacial score (nSPS) is 11.2. The van der Waals surface area contributed by atoms with Crippen LogP contribution in [0.5, 0.6) is 0 Å². The molecule has 2 heterocycles. The van der Waals surface area contributed by atoms with Gasteiger partial charge in [-0.25, -0.2) is 9.78 Å². The number of ether oxygens (including phenoxy) is 1. The largest absolute Gasteiger partial charge is 0.444 e. The van der Waals surface area contributed by atoms with E-state index < -0.39 is 5.60 Å². The van der Waals surface area contributed by atoms with E-state index in [9.17, 15) is 9.59 Å². The zero-order valence-corrected chi connectivity index (χ0v) is 19.1. The van der Waals surface area contributed by atoms with Crippen molar-refractivity contribution in [2.24, 2.45) is 0 Å². The molecule has 0 unspecified atom stereocenters. The predicted octanol–water partition coefficient (Wildman–Crippen LogP) is 5.88. The van der Waals surface area contributed by atoms with E-state index >= 15 is 0 Å². The summed E-state index contributed by atoms with van der Waals surface area (Å²) in [5.41, 5.74) is 0.933. The zero-order chi connectivity index (χ0) is 21.7. The maximum Gasteiger partial charge on any atom is 0.410 e. The van der Waals surface area contributed by atoms with Crippen LogP contribution >= 0.6 is 22.7 Å². The highest BCUT2D eigenvalue weighted by atomic mass is 32.1. The third kappa shape index (κ3) is 5.67. The van der Waals surface area contributed by atoms with E-state index in [-0.39, 0.29) is 12.0 Å². The second-order valence-corrected chi connectivity index (χ2v) is 9.59. The molecule has 30 heavy (non-hydrogen) atoms. The van der Waals surface area contributed by atoms with E-state index in [4.69, 9.17) is 4.74 Å². The molecule has 0 aliphatic carbocycles. The summed E-state index contributed by atoms with van der Waals surface area (Å²) in [6, 6.07) is 11.4. The number of rotatable bonds is 6. The number of hydrogen-bond donors (Lipinski definition) is 1. The van der Waals surface area contributed by atoms with Crippen LogP contribution in [0.15, 0.2) is 48.0 Å². The lowest BCUT2D eigenvalue weighted by Crippen LogP contribution is -2.36. The van der Waals surface area contributed by atoms with Crippen molar-refractivity contribution in [1.29, 1.82) is 0 Å². The minimum absolute atomic E-state index is 0.219. The molecule has 1 N–H and O–H groups in total. The Kier molecular flexibility index (Phi) is 6.89. The Bertz CT molecular complexity index is 1010. The molecule has 158 valence electrons. The Morgan fingerprint density at radius 3 is 2.60 bits per heavy atom. The highest BCUT2D eigenvalue weighted by molar-refractivity contribution is 7.22. The smallest absolute Gasteiger partial charge is 0.410 e. The molecule has 0 aliphatic heterocycles. The van der Waals surface area contributed by atoms with Gasteiger partial charge in [-0.05, 0) is 50.8 Å². The van der Waals surface area contributed by atoms with Crippen LogP contribution in [0.1, 0.15) is 42.9 Å². The Labute approximate surface area is 184 Å². The molecule has 3 rings (SSSR count). The van der Waals surface area contributed by atoms with Gasteiger partial charge in [-0.15, -0.1) is 22.7 Å². The van der Waals surface area contributed by atoms with E-state index in [0.29, 0.717) is 23.7 Å². The van der Waals surface area contributed by atoms with E-state index in [2.05, 4.69) is 10.3 Å². The first-order chi connectivity index (χ1) is 14.3. The van der Waals surface area contributed by atoms with Crippen LogP contribution in [0.25, 0.3) is 9.88 Å². The van der Waals surface area contributed by atoms with Crippen molar-refractivity contribution in [2.45, 2.75) is 39.8 Å². The van der Waals surface area contributed by atoms with Gasteiger partial charge >= 0.3 is 6.09 Å². The molecule has 6 nitrogen and oxygen atoms in total. The molecule has 3 aromatic rings. The first-order valence-corrected chi connectivity index (χ1v) is 11.3. The molecule has 0 radical (unpaired) electrons. The van der Waals surface area contributed by atoms with Crippen molar-refractivity contribution < 1.29 is 14.3 Å². The number of para-hydroxylation sites is 1. The lowest BCUT2D eigenvalue weighted by Gasteiger charge is -2.27. The summed E-state index contributed by atoms with van der Waals surface area (Å²) >= 11 is 2.95. The lowest BCUT2D eigenvalue weighted by atomic mass is 10.1. The second kappa shape index (κ2) is 9.40. The summed E-state index contributed by atoms with van der Waals surface area (Å²) < 4.78 is 5.49. The van der Waals surface area contributed by atoms with E-state index in [1.54, 1.807) is 22.4 Å². The summed E-state index contributed by atoms with van der Waals surface area (Å²) in [7, 11) is 0. The fourth-order valence-electron chi connectivity index (χ4n) is 2.69. The maximum atomic E-state index is 12.8. The van der Waals surface area contributed by atoms with Crippen molar-refractivity contribution in [3.05, 3.63) is 58.4 Å². The molecule has 0 bridgehead atoms. The van der Waals surface area contributed by atoms with Gasteiger partial charge in [0.15, 0.2) is 0 Å². The van der Waals surface area contributed by atoms with Gasteiger partial charge in [-0.1, -0.05) is 24.3 Å². The molecule has 2 aromatic heterocycles. The number of nitrogens with zero attached hydrogens (tertiary/aromatic N) is 2. The molecular formula is C22H25N3O3S2. The van der Waals surface area contributed by atoms with E-state index in [1.165, 1.54) is 11.3 Å². The van der Waals surface area contributed by atoms with Crippen LogP contribution in [0, 0.1) is 0 Å². The molecule has 0 saturated carbocycles. The molecule has 0 aliphatic rings. The van der Waals surface area contributed by atoms with Gasteiger partial charge in [-0.2, -0.15) is 0 Å². The number of thiazole rings is 1. The molecule has 1 aromatic carbocycles. The number of carbonyl (C=O) groups excluding carboxylic acids is 2. The Morgan fingerprint density at radius 2 is 1.93 bits per heavy atom. The first kappa shape index (κ1) is 22.0. The van der Waals surface area contributed by atoms with E-state index in [0.717, 1.165) is 15.4 Å².